The van der Waals surface area contributed by atoms with E-state index in [1.807, 2.05) is 12.1 Å². The number of aliphatic hydroxyl groups is 3. The fraction of sp³-hybridized carbons (Fsp3) is 0.700. The summed E-state index contributed by atoms with van der Waals surface area (Å²) in [6.07, 6.45) is 7.36. The Balaban J connectivity index is 1.82. The molecule has 1 aromatic heterocycles. The molecule has 0 bridgehead atoms. The van der Waals surface area contributed by atoms with Gasteiger partial charge in [-0.05, 0) is 69.9 Å². The zero-order valence-corrected chi connectivity index (χ0v) is 19.1. The molecule has 29 heavy (non-hydrogen) atoms. The Hall–Kier alpha value is -0.240. The highest BCUT2D eigenvalue weighted by molar-refractivity contribution is 7.40. The van der Waals surface area contributed by atoms with Crippen LogP contribution in [0.4, 0.5) is 0 Å². The van der Waals surface area contributed by atoms with E-state index < -0.39 is 20.8 Å². The number of hydrogen-bond acceptors (Lipinski definition) is 7. The van der Waals surface area contributed by atoms with Crippen molar-refractivity contribution in [3.05, 3.63) is 29.2 Å². The van der Waals surface area contributed by atoms with Crippen LogP contribution in [-0.4, -0.2) is 48.8 Å². The quantitative estimate of drug-likeness (QED) is 0.182. The van der Waals surface area contributed by atoms with Gasteiger partial charge in [0.2, 0.25) is 0 Å². The normalized spacial score (nSPS) is 27.0. The van der Waals surface area contributed by atoms with E-state index in [1.165, 1.54) is 11.3 Å². The highest BCUT2D eigenvalue weighted by Crippen LogP contribution is 2.41. The van der Waals surface area contributed by atoms with E-state index in [4.69, 9.17) is 25.9 Å². The summed E-state index contributed by atoms with van der Waals surface area (Å²) in [7, 11) is -2.39. The zero-order chi connectivity index (χ0) is 21.4. The number of thiophene rings is 1. The second kappa shape index (κ2) is 12.6. The lowest BCUT2D eigenvalue weighted by atomic mass is 9.89. The topological polar surface area (TPSA) is 110 Å². The van der Waals surface area contributed by atoms with Gasteiger partial charge in [-0.3, -0.25) is 0 Å². The average molecular weight is 467 g/mol. The lowest BCUT2D eigenvalue weighted by molar-refractivity contribution is 0.138. The molecule has 6 atom stereocenters. The van der Waals surface area contributed by atoms with Gasteiger partial charge in [0.1, 0.15) is 0 Å². The first-order valence-electron chi connectivity index (χ1n) is 10.1. The summed E-state index contributed by atoms with van der Waals surface area (Å²) < 4.78 is 4.91. The fourth-order valence-corrected chi connectivity index (χ4v) is 5.67. The Morgan fingerprint density at radius 3 is 2.72 bits per heavy atom. The number of halogens is 1. The summed E-state index contributed by atoms with van der Waals surface area (Å²) in [5.41, 5.74) is 0. The number of alkyl halides is 1. The van der Waals surface area contributed by atoms with E-state index in [2.05, 4.69) is 0 Å². The maximum absolute atomic E-state index is 10.4. The third kappa shape index (κ3) is 8.80. The third-order valence-electron chi connectivity index (χ3n) is 5.32. The van der Waals surface area contributed by atoms with E-state index in [0.29, 0.717) is 24.3 Å². The maximum Gasteiger partial charge on any atom is 0.392 e. The van der Waals surface area contributed by atoms with E-state index in [1.54, 1.807) is 19.1 Å². The van der Waals surface area contributed by atoms with Gasteiger partial charge in [0.25, 0.3) is 0 Å². The van der Waals surface area contributed by atoms with Crippen LogP contribution in [-0.2, 0) is 6.42 Å². The Bertz CT molecular complexity index is 626. The highest BCUT2D eigenvalue weighted by Gasteiger charge is 2.39. The van der Waals surface area contributed by atoms with E-state index in [9.17, 15) is 15.3 Å². The van der Waals surface area contributed by atoms with Crippen LogP contribution in [0, 0.1) is 11.8 Å². The number of aryl methyl sites for hydroxylation is 1. The van der Waals surface area contributed by atoms with Crippen LogP contribution in [0.3, 0.4) is 0 Å². The molecule has 6 nitrogen and oxygen atoms in total. The first kappa shape index (κ1) is 25.0. The summed E-state index contributed by atoms with van der Waals surface area (Å²) in [5, 5.41) is 30.2. The van der Waals surface area contributed by atoms with Crippen LogP contribution < -0.4 is 4.52 Å². The lowest BCUT2D eigenvalue weighted by Crippen LogP contribution is -2.19. The summed E-state index contributed by atoms with van der Waals surface area (Å²) in [4.78, 5) is 18.9. The standard InChI is InChI=1S/C20H32ClO6PS/c1-13(22)4-2-5-14(23)8-10-17-16(18(21)12-19(17)24)7-3-6-15-9-11-20(29-15)27-28(25)26/h8-11,13-14,16-19,22-26H,2-7,12H2,1H3/b10-8+/t13-,14+,16-,17-,18-,19-/m1/s1. The van der Waals surface area contributed by atoms with Crippen LogP contribution in [0.5, 0.6) is 5.06 Å². The minimum Gasteiger partial charge on any atom is -0.417 e. The van der Waals surface area contributed by atoms with Crippen molar-refractivity contribution in [3.8, 4) is 5.06 Å². The second-order valence-electron chi connectivity index (χ2n) is 7.75. The molecule has 9 heteroatoms. The predicted octanol–water partition coefficient (Wildman–Crippen LogP) is 3.73. The molecular weight excluding hydrogens is 435 g/mol. The van der Waals surface area contributed by atoms with E-state index in [0.717, 1.165) is 30.6 Å². The Morgan fingerprint density at radius 1 is 1.28 bits per heavy atom. The molecular formula is C20H32ClO6PS. The van der Waals surface area contributed by atoms with Gasteiger partial charge in [-0.2, -0.15) is 0 Å². The first-order valence-corrected chi connectivity index (χ1v) is 12.5. The van der Waals surface area contributed by atoms with Crippen molar-refractivity contribution in [2.24, 2.45) is 11.8 Å². The number of rotatable bonds is 12. The number of hydrogen-bond donors (Lipinski definition) is 5. The largest absolute Gasteiger partial charge is 0.417 e. The summed E-state index contributed by atoms with van der Waals surface area (Å²) in [6, 6.07) is 3.65. The maximum atomic E-state index is 10.4. The van der Waals surface area contributed by atoms with Crippen molar-refractivity contribution in [1.29, 1.82) is 0 Å². The Kier molecular flexibility index (Phi) is 10.9. The van der Waals surface area contributed by atoms with Crippen molar-refractivity contribution < 1.29 is 29.6 Å². The van der Waals surface area contributed by atoms with Crippen LogP contribution in [0.25, 0.3) is 0 Å². The van der Waals surface area contributed by atoms with Gasteiger partial charge < -0.3 is 29.6 Å². The van der Waals surface area contributed by atoms with Crippen LogP contribution in [0.1, 0.15) is 50.3 Å². The van der Waals surface area contributed by atoms with Gasteiger partial charge in [0, 0.05) is 16.2 Å². The molecule has 0 amide bonds. The van der Waals surface area contributed by atoms with Gasteiger partial charge in [0.15, 0.2) is 5.06 Å². The van der Waals surface area contributed by atoms with Gasteiger partial charge in [-0.1, -0.05) is 12.2 Å². The molecule has 1 fully saturated rings. The molecule has 1 heterocycles. The zero-order valence-electron chi connectivity index (χ0n) is 16.6. The molecule has 1 aliphatic rings. The Morgan fingerprint density at radius 2 is 2.03 bits per heavy atom. The number of aliphatic hydroxyl groups excluding tert-OH is 3. The smallest absolute Gasteiger partial charge is 0.392 e. The van der Waals surface area contributed by atoms with Gasteiger partial charge in [0.05, 0.1) is 18.3 Å². The van der Waals surface area contributed by atoms with Gasteiger partial charge in [-0.15, -0.1) is 22.9 Å². The van der Waals surface area contributed by atoms with E-state index >= 15 is 0 Å². The van der Waals surface area contributed by atoms with Gasteiger partial charge >= 0.3 is 8.60 Å². The SMILES string of the molecule is C[C@@H](O)CCC[C@H](O)/C=C/[C@@H]1[C@@H](CCCc2ccc(OP(O)O)s2)[C@H](Cl)C[C@H]1O. The van der Waals surface area contributed by atoms with Crippen molar-refractivity contribution in [1.82, 2.24) is 0 Å². The molecule has 1 aromatic rings. The minimum absolute atomic E-state index is 0.0709. The summed E-state index contributed by atoms with van der Waals surface area (Å²) in [5.74, 6) is 0.0736. The molecule has 0 spiro atoms. The van der Waals surface area contributed by atoms with Crippen molar-refractivity contribution >= 4 is 31.5 Å². The highest BCUT2D eigenvalue weighted by atomic mass is 35.5. The van der Waals surface area contributed by atoms with Crippen LogP contribution in [0.15, 0.2) is 24.3 Å². The molecule has 0 radical (unpaired) electrons. The van der Waals surface area contributed by atoms with E-state index in [-0.39, 0.29) is 23.3 Å². The second-order valence-corrected chi connectivity index (χ2v) is 10.1. The molecule has 0 saturated heterocycles. The predicted molar refractivity (Wildman–Crippen MR) is 117 cm³/mol. The van der Waals surface area contributed by atoms with Gasteiger partial charge in [-0.25, -0.2) is 0 Å². The minimum atomic E-state index is -2.39. The van der Waals surface area contributed by atoms with Crippen molar-refractivity contribution in [2.75, 3.05) is 0 Å². The van der Waals surface area contributed by atoms with Crippen LogP contribution in [0.2, 0.25) is 0 Å². The molecule has 2 rings (SSSR count). The molecule has 5 N–H and O–H groups in total. The molecule has 166 valence electrons. The monoisotopic (exact) mass is 466 g/mol. The molecule has 1 saturated carbocycles. The molecule has 0 unspecified atom stereocenters. The molecule has 0 aliphatic heterocycles. The van der Waals surface area contributed by atoms with Crippen molar-refractivity contribution in [3.63, 3.8) is 0 Å². The molecule has 1 aliphatic carbocycles. The molecule has 0 aromatic carbocycles. The fourth-order valence-electron chi connectivity index (χ4n) is 3.84. The Labute approximate surface area is 182 Å². The summed E-state index contributed by atoms with van der Waals surface area (Å²) >= 11 is 7.89. The third-order valence-corrected chi connectivity index (χ3v) is 7.32. The lowest BCUT2D eigenvalue weighted by Gasteiger charge is -2.21. The first-order chi connectivity index (χ1) is 13.8. The average Bonchev–Trinajstić information content (AvgIpc) is 3.16. The summed E-state index contributed by atoms with van der Waals surface area (Å²) in [6.45, 7) is 1.74. The van der Waals surface area contributed by atoms with Crippen LogP contribution >= 0.6 is 31.5 Å². The van der Waals surface area contributed by atoms with Crippen molar-refractivity contribution in [2.45, 2.75) is 75.6 Å².